The Morgan fingerprint density at radius 1 is 0.789 bits per heavy atom. The molecule has 0 aliphatic carbocycles. The Morgan fingerprint density at radius 3 is 2.11 bits per heavy atom. The summed E-state index contributed by atoms with van der Waals surface area (Å²) in [5.41, 5.74) is 10.7. The average Bonchev–Trinajstić information content (AvgIpc) is 3.22. The SMILES string of the molecule is CCC1(C)C2N(c3cc(C)cc(C)c3)c3ncc(-c4c(C)cccc4C)nc3N2c2ccccc2C1(C)C. The minimum atomic E-state index is -0.0832. The van der Waals surface area contributed by atoms with Crippen molar-refractivity contribution < 1.29 is 0 Å². The molecule has 0 fully saturated rings. The summed E-state index contributed by atoms with van der Waals surface area (Å²) >= 11 is 0. The predicted octanol–water partition coefficient (Wildman–Crippen LogP) is 8.70. The van der Waals surface area contributed by atoms with Gasteiger partial charge in [0.25, 0.3) is 0 Å². The van der Waals surface area contributed by atoms with Crippen LogP contribution in [0.3, 0.4) is 0 Å². The van der Waals surface area contributed by atoms with Gasteiger partial charge in [-0.25, -0.2) is 9.97 Å². The largest absolute Gasteiger partial charge is 0.301 e. The molecular formula is C34H38N4. The van der Waals surface area contributed by atoms with Crippen molar-refractivity contribution in [3.05, 3.63) is 94.7 Å². The zero-order valence-corrected chi connectivity index (χ0v) is 23.9. The number of benzene rings is 3. The molecular weight excluding hydrogens is 464 g/mol. The molecule has 0 bridgehead atoms. The van der Waals surface area contributed by atoms with Crippen molar-refractivity contribution in [2.45, 2.75) is 73.4 Å². The van der Waals surface area contributed by atoms with Crippen LogP contribution < -0.4 is 9.80 Å². The highest BCUT2D eigenvalue weighted by atomic mass is 15.5. The van der Waals surface area contributed by atoms with Crippen molar-refractivity contribution in [2.24, 2.45) is 5.41 Å². The number of nitrogens with zero attached hydrogens (tertiary/aromatic N) is 4. The van der Waals surface area contributed by atoms with Gasteiger partial charge in [-0.1, -0.05) is 70.2 Å². The van der Waals surface area contributed by atoms with Crippen LogP contribution in [0.4, 0.5) is 23.0 Å². The van der Waals surface area contributed by atoms with Gasteiger partial charge in [-0.05, 0) is 80.1 Å². The molecule has 2 unspecified atom stereocenters. The maximum absolute atomic E-state index is 5.42. The lowest BCUT2D eigenvalue weighted by Gasteiger charge is -2.57. The van der Waals surface area contributed by atoms with Crippen molar-refractivity contribution in [3.63, 3.8) is 0 Å². The van der Waals surface area contributed by atoms with Crippen LogP contribution in [0.1, 0.15) is 61.9 Å². The summed E-state index contributed by atoms with van der Waals surface area (Å²) in [7, 11) is 0. The van der Waals surface area contributed by atoms with E-state index in [1.54, 1.807) is 0 Å². The average molecular weight is 503 g/mol. The normalized spacial score (nSPS) is 21.2. The maximum atomic E-state index is 5.42. The van der Waals surface area contributed by atoms with Crippen molar-refractivity contribution in [3.8, 4) is 11.3 Å². The first kappa shape index (κ1) is 24.7. The first-order valence-electron chi connectivity index (χ1n) is 13.8. The van der Waals surface area contributed by atoms with Gasteiger partial charge in [0.2, 0.25) is 0 Å². The van der Waals surface area contributed by atoms with Crippen molar-refractivity contribution >= 4 is 23.0 Å². The molecule has 0 amide bonds. The summed E-state index contributed by atoms with van der Waals surface area (Å²) in [5.74, 6) is 1.87. The molecule has 3 aromatic carbocycles. The number of rotatable bonds is 3. The molecule has 38 heavy (non-hydrogen) atoms. The highest BCUT2D eigenvalue weighted by Gasteiger charge is 2.60. The summed E-state index contributed by atoms with van der Waals surface area (Å²) in [4.78, 5) is 15.6. The van der Waals surface area contributed by atoms with Crippen LogP contribution in [-0.4, -0.2) is 16.1 Å². The van der Waals surface area contributed by atoms with Gasteiger partial charge in [0.15, 0.2) is 11.6 Å². The van der Waals surface area contributed by atoms with Gasteiger partial charge in [-0.2, -0.15) is 0 Å². The van der Waals surface area contributed by atoms with Gasteiger partial charge in [0.1, 0.15) is 6.17 Å². The minimum absolute atomic E-state index is 0.0433. The van der Waals surface area contributed by atoms with Crippen molar-refractivity contribution in [1.29, 1.82) is 0 Å². The van der Waals surface area contributed by atoms with Crippen LogP contribution in [0.15, 0.2) is 66.9 Å². The third kappa shape index (κ3) is 3.28. The molecule has 2 atom stereocenters. The third-order valence-corrected chi connectivity index (χ3v) is 9.47. The molecule has 1 aromatic heterocycles. The van der Waals surface area contributed by atoms with Crippen LogP contribution in [-0.2, 0) is 5.41 Å². The molecule has 3 heterocycles. The summed E-state index contributed by atoms with van der Waals surface area (Å²) in [5, 5.41) is 0. The van der Waals surface area contributed by atoms with Gasteiger partial charge in [-0.15, -0.1) is 0 Å². The van der Waals surface area contributed by atoms with E-state index in [4.69, 9.17) is 9.97 Å². The molecule has 2 aliphatic heterocycles. The molecule has 0 saturated heterocycles. The summed E-state index contributed by atoms with van der Waals surface area (Å²) in [6.07, 6.45) is 3.04. The molecule has 4 aromatic rings. The third-order valence-electron chi connectivity index (χ3n) is 9.47. The number of hydrogen-bond acceptors (Lipinski definition) is 4. The van der Waals surface area contributed by atoms with E-state index in [2.05, 4.69) is 126 Å². The second kappa shape index (κ2) is 8.42. The number of aryl methyl sites for hydroxylation is 4. The zero-order valence-electron chi connectivity index (χ0n) is 23.9. The highest BCUT2D eigenvalue weighted by Crippen LogP contribution is 2.62. The quantitative estimate of drug-likeness (QED) is 0.280. The van der Waals surface area contributed by atoms with E-state index in [-0.39, 0.29) is 17.0 Å². The number of hydrogen-bond donors (Lipinski definition) is 0. The number of fused-ring (bicyclic) bond motifs is 5. The van der Waals surface area contributed by atoms with Gasteiger partial charge < -0.3 is 9.80 Å². The second-order valence-electron chi connectivity index (χ2n) is 12.0. The molecule has 4 heteroatoms. The number of para-hydroxylation sites is 1. The van der Waals surface area contributed by atoms with Crippen molar-refractivity contribution in [1.82, 2.24) is 9.97 Å². The van der Waals surface area contributed by atoms with E-state index in [1.807, 2.05) is 6.20 Å². The Labute approximate surface area is 227 Å². The van der Waals surface area contributed by atoms with Crippen LogP contribution in [0, 0.1) is 33.1 Å². The fourth-order valence-electron chi connectivity index (χ4n) is 7.03. The molecule has 6 rings (SSSR count). The number of aromatic nitrogens is 2. The molecule has 2 aliphatic rings. The smallest absolute Gasteiger partial charge is 0.179 e. The Hall–Kier alpha value is -3.66. The van der Waals surface area contributed by atoms with Crippen molar-refractivity contribution in [2.75, 3.05) is 9.80 Å². The van der Waals surface area contributed by atoms with Crippen LogP contribution in [0.5, 0.6) is 0 Å². The van der Waals surface area contributed by atoms with Crippen LogP contribution >= 0.6 is 0 Å². The van der Waals surface area contributed by atoms with E-state index >= 15 is 0 Å². The minimum Gasteiger partial charge on any atom is -0.301 e. The van der Waals surface area contributed by atoms with Gasteiger partial charge >= 0.3 is 0 Å². The molecule has 0 N–H and O–H groups in total. The van der Waals surface area contributed by atoms with E-state index in [9.17, 15) is 0 Å². The molecule has 0 saturated carbocycles. The van der Waals surface area contributed by atoms with E-state index < -0.39 is 0 Å². The van der Waals surface area contributed by atoms with Crippen LogP contribution in [0.2, 0.25) is 0 Å². The Balaban J connectivity index is 1.69. The van der Waals surface area contributed by atoms with Gasteiger partial charge in [-0.3, -0.25) is 0 Å². The summed E-state index contributed by atoms with van der Waals surface area (Å²) in [6, 6.07) is 22.2. The summed E-state index contributed by atoms with van der Waals surface area (Å²) in [6.45, 7) is 18.3. The fraction of sp³-hybridized carbons (Fsp3) is 0.353. The van der Waals surface area contributed by atoms with E-state index in [0.717, 1.165) is 23.8 Å². The highest BCUT2D eigenvalue weighted by molar-refractivity contribution is 5.88. The lowest BCUT2D eigenvalue weighted by Crippen LogP contribution is -2.61. The first-order valence-corrected chi connectivity index (χ1v) is 13.8. The van der Waals surface area contributed by atoms with E-state index in [1.165, 1.54) is 44.8 Å². The van der Waals surface area contributed by atoms with Gasteiger partial charge in [0, 0.05) is 27.8 Å². The maximum Gasteiger partial charge on any atom is 0.179 e. The van der Waals surface area contributed by atoms with Crippen LogP contribution in [0.25, 0.3) is 11.3 Å². The molecule has 0 spiro atoms. The molecule has 194 valence electrons. The topological polar surface area (TPSA) is 32.3 Å². The standard InChI is InChI=1S/C34H38N4/c1-9-34(8)32-37(25-18-21(2)17-22(3)19-25)30-31(38(32)28-16-11-10-15-26(28)33(34,6)7)36-27(20-35-30)29-23(4)13-12-14-24(29)5/h10-20,32H,9H2,1-8H3. The lowest BCUT2D eigenvalue weighted by molar-refractivity contribution is 0.115. The Kier molecular flexibility index (Phi) is 5.47. The number of anilines is 4. The zero-order chi connectivity index (χ0) is 27.0. The van der Waals surface area contributed by atoms with E-state index in [0.29, 0.717) is 0 Å². The summed E-state index contributed by atoms with van der Waals surface area (Å²) < 4.78 is 0. The Morgan fingerprint density at radius 2 is 1.45 bits per heavy atom. The van der Waals surface area contributed by atoms with Gasteiger partial charge in [0.05, 0.1) is 11.9 Å². The molecule has 4 nitrogen and oxygen atoms in total. The lowest BCUT2D eigenvalue weighted by atomic mass is 9.57. The monoisotopic (exact) mass is 502 g/mol. The fourth-order valence-corrected chi connectivity index (χ4v) is 7.03. The first-order chi connectivity index (χ1) is 18.1. The molecule has 0 radical (unpaired) electrons. The predicted molar refractivity (Wildman–Crippen MR) is 159 cm³/mol. The second-order valence-corrected chi connectivity index (χ2v) is 12.0. The Bertz CT molecular complexity index is 1530.